The summed E-state index contributed by atoms with van der Waals surface area (Å²) in [6.45, 7) is 6.32. The first-order valence-electron chi connectivity index (χ1n) is 7.06. The topological polar surface area (TPSA) is 32.5 Å². The lowest BCUT2D eigenvalue weighted by atomic mass is 10.1. The second-order valence-electron chi connectivity index (χ2n) is 5.46. The van der Waals surface area contributed by atoms with Crippen LogP contribution < -0.4 is 10.6 Å². The maximum absolute atomic E-state index is 13.3. The lowest BCUT2D eigenvalue weighted by molar-refractivity contribution is 0.346. The largest absolute Gasteiger partial charge is 0.373 e. The summed E-state index contributed by atoms with van der Waals surface area (Å²) >= 11 is 0. The van der Waals surface area contributed by atoms with E-state index in [0.717, 1.165) is 24.3 Å². The standard InChI is InChI=1S/C15H24FN3/c1-12(17)14-11-13(16)5-6-15(14)18(2)9-10-19-7-3-4-8-19/h5-6,11-12H,3-4,7-10,17H2,1-2H3/t12-/m0/s1. The molecule has 2 rings (SSSR count). The van der Waals surface area contributed by atoms with Crippen molar-refractivity contribution in [2.24, 2.45) is 5.73 Å². The average molecular weight is 265 g/mol. The molecule has 1 saturated heterocycles. The Hall–Kier alpha value is -1.13. The SMILES string of the molecule is C[C@H](N)c1cc(F)ccc1N(C)CCN1CCCC1. The number of nitrogens with two attached hydrogens (primary N) is 1. The molecule has 0 saturated carbocycles. The number of anilines is 1. The van der Waals surface area contributed by atoms with E-state index in [9.17, 15) is 4.39 Å². The number of hydrogen-bond donors (Lipinski definition) is 1. The highest BCUT2D eigenvalue weighted by Gasteiger charge is 2.15. The Morgan fingerprint density at radius 3 is 2.68 bits per heavy atom. The molecule has 4 heteroatoms. The quantitative estimate of drug-likeness (QED) is 0.887. The van der Waals surface area contributed by atoms with Crippen LogP contribution in [0.25, 0.3) is 0 Å². The third-order valence-corrected chi connectivity index (χ3v) is 3.84. The number of likely N-dealkylation sites (N-methyl/N-ethyl adjacent to an activating group) is 1. The molecule has 0 amide bonds. The molecule has 0 spiro atoms. The van der Waals surface area contributed by atoms with Crippen LogP contribution in [0.2, 0.25) is 0 Å². The predicted octanol–water partition coefficient (Wildman–Crippen LogP) is 2.38. The Morgan fingerprint density at radius 1 is 1.37 bits per heavy atom. The van der Waals surface area contributed by atoms with Crippen LogP contribution in [-0.2, 0) is 0 Å². The summed E-state index contributed by atoms with van der Waals surface area (Å²) in [7, 11) is 2.05. The summed E-state index contributed by atoms with van der Waals surface area (Å²) in [5.74, 6) is -0.219. The Bertz CT molecular complexity index is 414. The fourth-order valence-corrected chi connectivity index (χ4v) is 2.66. The number of hydrogen-bond acceptors (Lipinski definition) is 3. The van der Waals surface area contributed by atoms with Gasteiger partial charge in [0.1, 0.15) is 5.82 Å². The third kappa shape index (κ3) is 3.67. The van der Waals surface area contributed by atoms with Crippen LogP contribution in [-0.4, -0.2) is 38.1 Å². The lowest BCUT2D eigenvalue weighted by Crippen LogP contribution is -2.32. The van der Waals surface area contributed by atoms with Gasteiger partial charge in [-0.1, -0.05) is 0 Å². The van der Waals surface area contributed by atoms with E-state index in [2.05, 4.69) is 16.8 Å². The highest BCUT2D eigenvalue weighted by Crippen LogP contribution is 2.25. The highest BCUT2D eigenvalue weighted by atomic mass is 19.1. The zero-order valence-corrected chi connectivity index (χ0v) is 11.9. The van der Waals surface area contributed by atoms with E-state index < -0.39 is 0 Å². The van der Waals surface area contributed by atoms with Crippen molar-refractivity contribution in [2.75, 3.05) is 38.1 Å². The van der Waals surface area contributed by atoms with Crippen molar-refractivity contribution >= 4 is 5.69 Å². The molecule has 1 aliphatic rings. The first-order chi connectivity index (χ1) is 9.08. The van der Waals surface area contributed by atoms with E-state index in [1.54, 1.807) is 6.07 Å². The summed E-state index contributed by atoms with van der Waals surface area (Å²) in [4.78, 5) is 4.65. The van der Waals surface area contributed by atoms with E-state index in [1.165, 1.54) is 32.0 Å². The van der Waals surface area contributed by atoms with Gasteiger partial charge in [0.25, 0.3) is 0 Å². The first kappa shape index (κ1) is 14.3. The molecule has 0 bridgehead atoms. The van der Waals surface area contributed by atoms with Gasteiger partial charge in [0.15, 0.2) is 0 Å². The Kier molecular flexibility index (Phi) is 4.77. The molecular weight excluding hydrogens is 241 g/mol. The lowest BCUT2D eigenvalue weighted by Gasteiger charge is -2.26. The first-order valence-corrected chi connectivity index (χ1v) is 7.06. The number of halogens is 1. The number of benzene rings is 1. The highest BCUT2D eigenvalue weighted by molar-refractivity contribution is 5.54. The second-order valence-corrected chi connectivity index (χ2v) is 5.46. The monoisotopic (exact) mass is 265 g/mol. The van der Waals surface area contributed by atoms with E-state index in [4.69, 9.17) is 5.73 Å². The molecule has 19 heavy (non-hydrogen) atoms. The molecule has 0 aromatic heterocycles. The molecule has 1 atom stereocenters. The maximum atomic E-state index is 13.3. The van der Waals surface area contributed by atoms with Gasteiger partial charge in [0.2, 0.25) is 0 Å². The number of nitrogens with zero attached hydrogens (tertiary/aromatic N) is 2. The molecule has 0 radical (unpaired) electrons. The van der Waals surface area contributed by atoms with Crippen LogP contribution in [0.4, 0.5) is 10.1 Å². The molecule has 3 nitrogen and oxygen atoms in total. The van der Waals surface area contributed by atoms with Crippen molar-refractivity contribution < 1.29 is 4.39 Å². The summed E-state index contributed by atoms with van der Waals surface area (Å²) in [5, 5.41) is 0. The van der Waals surface area contributed by atoms with Crippen molar-refractivity contribution in [1.29, 1.82) is 0 Å². The van der Waals surface area contributed by atoms with Crippen LogP contribution in [0, 0.1) is 5.82 Å². The van der Waals surface area contributed by atoms with Crippen LogP contribution in [0.15, 0.2) is 18.2 Å². The molecule has 106 valence electrons. The molecule has 0 aliphatic carbocycles. The minimum Gasteiger partial charge on any atom is -0.373 e. The van der Waals surface area contributed by atoms with Gasteiger partial charge in [0.05, 0.1) is 0 Å². The third-order valence-electron chi connectivity index (χ3n) is 3.84. The molecular formula is C15H24FN3. The minimum atomic E-state index is -0.219. The van der Waals surface area contributed by atoms with Gasteiger partial charge >= 0.3 is 0 Å². The molecule has 1 fully saturated rings. The Labute approximate surface area is 115 Å². The van der Waals surface area contributed by atoms with E-state index >= 15 is 0 Å². The number of likely N-dealkylation sites (tertiary alicyclic amines) is 1. The van der Waals surface area contributed by atoms with Gasteiger partial charge in [-0.25, -0.2) is 4.39 Å². The molecule has 0 unspecified atom stereocenters. The van der Waals surface area contributed by atoms with Gasteiger partial charge in [-0.05, 0) is 56.6 Å². The Morgan fingerprint density at radius 2 is 2.05 bits per heavy atom. The summed E-state index contributed by atoms with van der Waals surface area (Å²) in [6.07, 6.45) is 2.62. The molecule has 2 N–H and O–H groups in total. The molecule has 1 aromatic carbocycles. The maximum Gasteiger partial charge on any atom is 0.123 e. The van der Waals surface area contributed by atoms with Crippen LogP contribution in [0.3, 0.4) is 0 Å². The van der Waals surface area contributed by atoms with Crippen LogP contribution in [0.1, 0.15) is 31.4 Å². The van der Waals surface area contributed by atoms with Crippen molar-refractivity contribution in [3.63, 3.8) is 0 Å². The van der Waals surface area contributed by atoms with E-state index in [0.29, 0.717) is 0 Å². The summed E-state index contributed by atoms with van der Waals surface area (Å²) in [5.41, 5.74) is 7.85. The van der Waals surface area contributed by atoms with Crippen LogP contribution >= 0.6 is 0 Å². The zero-order valence-electron chi connectivity index (χ0n) is 11.9. The van der Waals surface area contributed by atoms with Gasteiger partial charge in [0, 0.05) is 31.9 Å². The predicted molar refractivity (Wildman–Crippen MR) is 77.9 cm³/mol. The minimum absolute atomic E-state index is 0.153. The fourth-order valence-electron chi connectivity index (χ4n) is 2.66. The van der Waals surface area contributed by atoms with Crippen LogP contribution in [0.5, 0.6) is 0 Å². The zero-order chi connectivity index (χ0) is 13.8. The molecule has 1 aliphatic heterocycles. The van der Waals surface area contributed by atoms with E-state index in [1.807, 2.05) is 13.0 Å². The van der Waals surface area contributed by atoms with Gasteiger partial charge in [-0.15, -0.1) is 0 Å². The van der Waals surface area contributed by atoms with Gasteiger partial charge in [-0.2, -0.15) is 0 Å². The molecule has 1 heterocycles. The summed E-state index contributed by atoms with van der Waals surface area (Å²) in [6, 6.07) is 4.73. The normalized spacial score (nSPS) is 17.7. The summed E-state index contributed by atoms with van der Waals surface area (Å²) < 4.78 is 13.3. The van der Waals surface area contributed by atoms with E-state index in [-0.39, 0.29) is 11.9 Å². The number of rotatable bonds is 5. The van der Waals surface area contributed by atoms with Crippen molar-refractivity contribution in [3.8, 4) is 0 Å². The van der Waals surface area contributed by atoms with Gasteiger partial charge in [-0.3, -0.25) is 0 Å². The van der Waals surface area contributed by atoms with Crippen molar-refractivity contribution in [1.82, 2.24) is 4.90 Å². The second kappa shape index (κ2) is 6.35. The molecule has 1 aromatic rings. The fraction of sp³-hybridized carbons (Fsp3) is 0.600. The smallest absolute Gasteiger partial charge is 0.123 e. The van der Waals surface area contributed by atoms with Crippen molar-refractivity contribution in [3.05, 3.63) is 29.6 Å². The van der Waals surface area contributed by atoms with Gasteiger partial charge < -0.3 is 15.5 Å². The Balaban J connectivity index is 2.02. The average Bonchev–Trinajstić information content (AvgIpc) is 2.88. The van der Waals surface area contributed by atoms with Crippen molar-refractivity contribution in [2.45, 2.75) is 25.8 Å².